The van der Waals surface area contributed by atoms with Gasteiger partial charge in [0.05, 0.1) is 16.4 Å². The smallest absolute Gasteiger partial charge is 0.343 e. The summed E-state index contributed by atoms with van der Waals surface area (Å²) in [4.78, 5) is 37.2. The van der Waals surface area contributed by atoms with Gasteiger partial charge in [0.1, 0.15) is 22.7 Å². The highest BCUT2D eigenvalue weighted by Gasteiger charge is 2.61. The zero-order chi connectivity index (χ0) is 53.4. The maximum Gasteiger partial charge on any atom is 0.343 e. The summed E-state index contributed by atoms with van der Waals surface area (Å²) in [7, 11) is 0. The maximum atomic E-state index is 12.8. The number of ether oxygens (including phenoxy) is 5. The van der Waals surface area contributed by atoms with Crippen LogP contribution in [0.2, 0.25) is 0 Å². The minimum atomic E-state index is -0.698. The fraction of sp³-hybridized carbons (Fsp3) is 0.667. The number of carbonyl (C=O) groups excluding carboxylic acids is 3. The van der Waals surface area contributed by atoms with E-state index in [1.54, 1.807) is 42.5 Å². The van der Waals surface area contributed by atoms with Gasteiger partial charge < -0.3 is 28.8 Å². The van der Waals surface area contributed by atoms with Gasteiger partial charge in [0.25, 0.3) is 0 Å². The molecule has 0 radical (unpaired) electrons. The Labute approximate surface area is 435 Å². The molecular formula is C63H94O9. The van der Waals surface area contributed by atoms with E-state index in [2.05, 4.69) is 62.3 Å². The fourth-order valence-electron chi connectivity index (χ4n) is 11.5. The molecular weight excluding hydrogens is 901 g/mol. The Morgan fingerprint density at radius 3 is 1.53 bits per heavy atom. The molecule has 5 aliphatic carbocycles. The van der Waals surface area contributed by atoms with E-state index in [4.69, 9.17) is 28.8 Å². The highest BCUT2D eigenvalue weighted by molar-refractivity contribution is 5.91. The number of phenolic OH excluding ortho intramolecular Hbond substituents is 1. The number of phenols is 1. The van der Waals surface area contributed by atoms with Crippen molar-refractivity contribution in [3.63, 3.8) is 0 Å². The molecule has 0 saturated heterocycles. The monoisotopic (exact) mass is 995 g/mol. The van der Waals surface area contributed by atoms with E-state index < -0.39 is 5.79 Å². The Balaban J connectivity index is 0.000000185. The zero-order valence-electron chi connectivity index (χ0n) is 47.4. The zero-order valence-corrected chi connectivity index (χ0v) is 47.4. The minimum absolute atomic E-state index is 0.0226. The van der Waals surface area contributed by atoms with Crippen LogP contribution in [0.3, 0.4) is 0 Å². The van der Waals surface area contributed by atoms with Crippen LogP contribution in [0.15, 0.2) is 66.7 Å². The van der Waals surface area contributed by atoms with Gasteiger partial charge in [-0.05, 0) is 206 Å². The van der Waals surface area contributed by atoms with Gasteiger partial charge in [-0.3, -0.25) is 9.59 Å². The summed E-state index contributed by atoms with van der Waals surface area (Å²) in [6, 6.07) is 20.1. The van der Waals surface area contributed by atoms with Crippen molar-refractivity contribution >= 4 is 17.9 Å². The van der Waals surface area contributed by atoms with Crippen molar-refractivity contribution < 1.29 is 43.2 Å². The summed E-state index contributed by atoms with van der Waals surface area (Å²) in [5, 5.41) is 9.01. The third-order valence-corrected chi connectivity index (χ3v) is 17.5. The Hall–Kier alpha value is -4.53. The number of hydrogen-bond acceptors (Lipinski definition) is 9. The molecule has 4 bridgehead atoms. The Bertz CT molecular complexity index is 2200. The number of carbonyl (C=O) groups is 3. The summed E-state index contributed by atoms with van der Waals surface area (Å²) >= 11 is 0. The Morgan fingerprint density at radius 1 is 0.625 bits per heavy atom. The molecule has 9 rings (SSSR count). The van der Waals surface area contributed by atoms with Crippen LogP contribution in [0.25, 0.3) is 0 Å². The van der Waals surface area contributed by atoms with Crippen molar-refractivity contribution in [2.45, 2.75) is 223 Å². The third kappa shape index (κ3) is 14.0. The molecule has 0 aromatic heterocycles. The predicted molar refractivity (Wildman–Crippen MR) is 290 cm³/mol. The number of benzene rings is 3. The fourth-order valence-corrected chi connectivity index (χ4v) is 11.5. The van der Waals surface area contributed by atoms with Crippen molar-refractivity contribution in [2.24, 2.45) is 46.3 Å². The molecule has 2 unspecified atom stereocenters. The Kier molecular flexibility index (Phi) is 19.6. The summed E-state index contributed by atoms with van der Waals surface area (Å²) < 4.78 is 29.0. The van der Waals surface area contributed by atoms with Gasteiger partial charge in [0.2, 0.25) is 5.79 Å². The van der Waals surface area contributed by atoms with E-state index in [0.29, 0.717) is 64.1 Å². The van der Waals surface area contributed by atoms with Crippen LogP contribution in [-0.4, -0.2) is 40.0 Å². The molecule has 5 saturated carbocycles. The van der Waals surface area contributed by atoms with Crippen LogP contribution in [0.1, 0.15) is 228 Å². The molecule has 1 heterocycles. The predicted octanol–water partition coefficient (Wildman–Crippen LogP) is 16.6. The van der Waals surface area contributed by atoms with Crippen molar-refractivity contribution in [3.8, 4) is 23.0 Å². The second kappa shape index (κ2) is 24.2. The second-order valence-electron chi connectivity index (χ2n) is 24.4. The van der Waals surface area contributed by atoms with Gasteiger partial charge >= 0.3 is 17.9 Å². The van der Waals surface area contributed by atoms with Gasteiger partial charge in [-0.2, -0.15) is 0 Å². The summed E-state index contributed by atoms with van der Waals surface area (Å²) in [6.45, 7) is 33.3. The summed E-state index contributed by atoms with van der Waals surface area (Å²) in [6.07, 6.45) is 15.0. The van der Waals surface area contributed by atoms with Gasteiger partial charge in [-0.25, -0.2) is 4.79 Å². The molecule has 1 aliphatic heterocycles. The van der Waals surface area contributed by atoms with Crippen LogP contribution in [0.5, 0.6) is 23.0 Å². The van der Waals surface area contributed by atoms with Gasteiger partial charge in [-0.15, -0.1) is 0 Å². The largest absolute Gasteiger partial charge is 0.508 e. The average Bonchev–Trinajstić information content (AvgIpc) is 3.95. The first-order valence-corrected chi connectivity index (χ1v) is 27.8. The molecule has 0 amide bonds. The van der Waals surface area contributed by atoms with Crippen LogP contribution in [0.4, 0.5) is 0 Å². The molecule has 0 spiro atoms. The van der Waals surface area contributed by atoms with E-state index in [0.717, 1.165) is 50.4 Å². The first-order chi connectivity index (χ1) is 33.7. The maximum absolute atomic E-state index is 12.8. The minimum Gasteiger partial charge on any atom is -0.508 e. The van der Waals surface area contributed by atoms with Crippen LogP contribution in [-0.2, 0) is 19.1 Å². The van der Waals surface area contributed by atoms with Gasteiger partial charge in [0.15, 0.2) is 11.5 Å². The molecule has 2 atom stereocenters. The lowest BCUT2D eigenvalue weighted by Crippen LogP contribution is -2.63. The summed E-state index contributed by atoms with van der Waals surface area (Å²) in [5.41, 5.74) is 2.01. The van der Waals surface area contributed by atoms with Crippen LogP contribution in [0, 0.1) is 46.3 Å². The Morgan fingerprint density at radius 2 is 1.08 bits per heavy atom. The number of hydrogen-bond donors (Lipinski definition) is 1. The molecule has 3 aromatic rings. The standard InChI is InChI=1S/C20H22O4.C19H32O2.C14H26O2.C10H14O/c1-5-13(2)14-6-8-15(9-7-14)19(21)22-16-10-11-17-18(12-16)24-20(3,4)23-17;1-6-18(4,5)17(20)21-19(12(2)3)15-8-13-7-14(10-15)11-16(19)9-13;1-6-13(4,5)12(15)16-14(11(2)3)9-7-8-10-14;1-3-8(2)9-4-6-10(11)7-5-9/h6-13H,5H2,1-4H3;12-16H,6-11H2,1-5H3;11H,6-10H2,1-5H3;4-8,11H,3H2,1-2H3. The molecule has 1 N–H and O–H groups in total. The van der Waals surface area contributed by atoms with Crippen molar-refractivity contribution in [3.05, 3.63) is 83.4 Å². The lowest BCUT2D eigenvalue weighted by Gasteiger charge is -2.62. The summed E-state index contributed by atoms with van der Waals surface area (Å²) in [5.74, 6) is 5.93. The molecule has 3 aromatic carbocycles. The quantitative estimate of drug-likeness (QED) is 0.124. The molecule has 9 nitrogen and oxygen atoms in total. The molecule has 5 fully saturated rings. The van der Waals surface area contributed by atoms with E-state index in [9.17, 15) is 14.4 Å². The van der Waals surface area contributed by atoms with Gasteiger partial charge in [0, 0.05) is 19.9 Å². The van der Waals surface area contributed by atoms with Crippen LogP contribution < -0.4 is 14.2 Å². The van der Waals surface area contributed by atoms with Crippen molar-refractivity contribution in [1.29, 1.82) is 0 Å². The van der Waals surface area contributed by atoms with E-state index >= 15 is 0 Å². The number of rotatable bonds is 14. The average molecular weight is 995 g/mol. The SMILES string of the molecule is CCC(C)(C)C(=O)OC1(C(C)C)C2CC3CC(C2)CC1C3.CCC(C)(C)C(=O)OC1(C(C)C)CCCC1.CCC(C)c1ccc(C(=O)Oc2ccc3c(c2)OC(C)(C)O3)cc1.CCC(C)c1ccc(O)cc1. The van der Waals surface area contributed by atoms with Crippen molar-refractivity contribution in [2.75, 3.05) is 0 Å². The normalized spacial score (nSPS) is 23.9. The van der Waals surface area contributed by atoms with Crippen LogP contribution >= 0.6 is 0 Å². The lowest BCUT2D eigenvalue weighted by atomic mass is 9.47. The van der Waals surface area contributed by atoms with E-state index in [-0.39, 0.29) is 39.9 Å². The topological polar surface area (TPSA) is 118 Å². The highest BCUT2D eigenvalue weighted by atomic mass is 16.7. The van der Waals surface area contributed by atoms with E-state index in [1.165, 1.54) is 56.1 Å². The third-order valence-electron chi connectivity index (χ3n) is 17.5. The number of aromatic hydroxyl groups is 1. The molecule has 6 aliphatic rings. The number of esters is 3. The first kappa shape index (κ1) is 58.4. The van der Waals surface area contributed by atoms with E-state index in [1.807, 2.05) is 72.7 Å². The second-order valence-corrected chi connectivity index (χ2v) is 24.4. The number of fused-ring (bicyclic) bond motifs is 1. The van der Waals surface area contributed by atoms with Gasteiger partial charge in [-0.1, -0.05) is 93.5 Å². The molecule has 9 heteroatoms. The first-order valence-electron chi connectivity index (χ1n) is 27.8. The lowest BCUT2D eigenvalue weighted by molar-refractivity contribution is -0.231. The van der Waals surface area contributed by atoms with Crippen molar-refractivity contribution in [1.82, 2.24) is 0 Å². The highest BCUT2D eigenvalue weighted by Crippen LogP contribution is 2.62. The molecule has 400 valence electrons. The molecule has 72 heavy (non-hydrogen) atoms.